The Bertz CT molecular complexity index is 431. The van der Waals surface area contributed by atoms with Crippen molar-refractivity contribution in [2.24, 2.45) is 0 Å². The summed E-state index contributed by atoms with van der Waals surface area (Å²) in [4.78, 5) is 0. The molecule has 0 atom stereocenters. The van der Waals surface area contributed by atoms with Crippen molar-refractivity contribution in [3.63, 3.8) is 0 Å². The lowest BCUT2D eigenvalue weighted by Crippen LogP contribution is -2.43. The van der Waals surface area contributed by atoms with Gasteiger partial charge in [-0.15, -0.1) is 0 Å². The van der Waals surface area contributed by atoms with Crippen molar-refractivity contribution in [2.75, 3.05) is 26.9 Å². The van der Waals surface area contributed by atoms with Gasteiger partial charge in [-0.3, -0.25) is 0 Å². The van der Waals surface area contributed by atoms with Crippen LogP contribution in [0.5, 0.6) is 5.75 Å². The highest BCUT2D eigenvalue weighted by Gasteiger charge is 2.35. The third-order valence-corrected chi connectivity index (χ3v) is 5.21. The van der Waals surface area contributed by atoms with Crippen LogP contribution in [0, 0.1) is 0 Å². The molecule has 21 heavy (non-hydrogen) atoms. The molecule has 3 rings (SSSR count). The van der Waals surface area contributed by atoms with Crippen molar-refractivity contribution in [1.29, 1.82) is 0 Å². The van der Waals surface area contributed by atoms with Crippen LogP contribution >= 0.6 is 0 Å². The van der Waals surface area contributed by atoms with Crippen LogP contribution in [0.1, 0.15) is 44.1 Å². The van der Waals surface area contributed by atoms with E-state index < -0.39 is 0 Å². The fraction of sp³-hybridized carbons (Fsp3) is 0.667. The van der Waals surface area contributed by atoms with E-state index in [0.717, 1.165) is 38.3 Å². The Kier molecular flexibility index (Phi) is 4.81. The number of ether oxygens (including phenoxy) is 2. The maximum Gasteiger partial charge on any atom is 0.118 e. The normalized spacial score (nSPS) is 22.3. The van der Waals surface area contributed by atoms with Gasteiger partial charge in [-0.2, -0.15) is 0 Å². The highest BCUT2D eigenvalue weighted by Crippen LogP contribution is 2.41. The molecule has 1 aromatic carbocycles. The van der Waals surface area contributed by atoms with Gasteiger partial charge in [0.2, 0.25) is 0 Å². The Morgan fingerprint density at radius 3 is 2.43 bits per heavy atom. The number of rotatable bonds is 5. The lowest BCUT2D eigenvalue weighted by atomic mass is 9.78. The Labute approximate surface area is 128 Å². The van der Waals surface area contributed by atoms with Gasteiger partial charge in [0.25, 0.3) is 0 Å². The second kappa shape index (κ2) is 6.80. The second-order valence-electron chi connectivity index (χ2n) is 6.48. The van der Waals surface area contributed by atoms with E-state index in [1.807, 2.05) is 0 Å². The Morgan fingerprint density at radius 1 is 1.14 bits per heavy atom. The van der Waals surface area contributed by atoms with Gasteiger partial charge in [-0.1, -0.05) is 25.0 Å². The molecule has 116 valence electrons. The molecule has 1 saturated heterocycles. The summed E-state index contributed by atoms with van der Waals surface area (Å²) in [7, 11) is 1.73. The highest BCUT2D eigenvalue weighted by atomic mass is 16.5. The number of methoxy groups -OCH3 is 1. The Morgan fingerprint density at radius 2 is 1.81 bits per heavy atom. The first-order valence-electron chi connectivity index (χ1n) is 8.28. The summed E-state index contributed by atoms with van der Waals surface area (Å²) in [6.07, 6.45) is 7.60. The fourth-order valence-electron chi connectivity index (χ4n) is 3.81. The van der Waals surface area contributed by atoms with Gasteiger partial charge >= 0.3 is 0 Å². The quantitative estimate of drug-likeness (QED) is 0.902. The molecule has 1 saturated carbocycles. The van der Waals surface area contributed by atoms with Crippen LogP contribution in [-0.4, -0.2) is 32.9 Å². The summed E-state index contributed by atoms with van der Waals surface area (Å²) in [6, 6.07) is 9.36. The minimum absolute atomic E-state index is 0.324. The zero-order valence-electron chi connectivity index (χ0n) is 13.1. The molecule has 2 fully saturated rings. The molecule has 2 aliphatic rings. The first kappa shape index (κ1) is 14.9. The molecule has 0 spiro atoms. The molecular formula is C18H27NO2. The molecule has 1 aliphatic heterocycles. The summed E-state index contributed by atoms with van der Waals surface area (Å²) < 4.78 is 10.7. The largest absolute Gasteiger partial charge is 0.497 e. The molecule has 1 heterocycles. The van der Waals surface area contributed by atoms with Crippen LogP contribution in [0.25, 0.3) is 0 Å². The van der Waals surface area contributed by atoms with E-state index in [2.05, 4.69) is 29.6 Å². The van der Waals surface area contributed by atoms with Crippen molar-refractivity contribution < 1.29 is 9.47 Å². The SMILES string of the molecule is COc1ccc(C2(CNC3CCOCC3)CCCC2)cc1. The van der Waals surface area contributed by atoms with Crippen molar-refractivity contribution in [1.82, 2.24) is 5.32 Å². The van der Waals surface area contributed by atoms with Crippen LogP contribution in [0.2, 0.25) is 0 Å². The molecule has 0 aromatic heterocycles. The summed E-state index contributed by atoms with van der Waals surface area (Å²) in [5.74, 6) is 0.948. The topological polar surface area (TPSA) is 30.5 Å². The standard InChI is InChI=1S/C18H27NO2/c1-20-17-6-4-15(5-7-17)18(10-2-3-11-18)14-19-16-8-12-21-13-9-16/h4-7,16,19H,2-3,8-14H2,1H3. The van der Waals surface area contributed by atoms with Gasteiger partial charge in [0.15, 0.2) is 0 Å². The zero-order chi connectivity index (χ0) is 14.5. The minimum atomic E-state index is 0.324. The smallest absolute Gasteiger partial charge is 0.118 e. The number of hydrogen-bond donors (Lipinski definition) is 1. The summed E-state index contributed by atoms with van der Waals surface area (Å²) >= 11 is 0. The average molecular weight is 289 g/mol. The first-order chi connectivity index (χ1) is 10.3. The Balaban J connectivity index is 1.69. The molecular weight excluding hydrogens is 262 g/mol. The Hall–Kier alpha value is -1.06. The third kappa shape index (κ3) is 3.41. The molecule has 0 amide bonds. The predicted molar refractivity (Wildman–Crippen MR) is 85.0 cm³/mol. The summed E-state index contributed by atoms with van der Waals surface area (Å²) in [5, 5.41) is 3.82. The lowest BCUT2D eigenvalue weighted by molar-refractivity contribution is 0.0762. The van der Waals surface area contributed by atoms with Gasteiger partial charge in [0.1, 0.15) is 5.75 Å². The van der Waals surface area contributed by atoms with E-state index >= 15 is 0 Å². The summed E-state index contributed by atoms with van der Waals surface area (Å²) in [5.41, 5.74) is 1.80. The van der Waals surface area contributed by atoms with E-state index in [9.17, 15) is 0 Å². The third-order valence-electron chi connectivity index (χ3n) is 5.21. The average Bonchev–Trinajstić information content (AvgIpc) is 3.04. The van der Waals surface area contributed by atoms with Crippen LogP contribution in [0.15, 0.2) is 24.3 Å². The van der Waals surface area contributed by atoms with Crippen LogP contribution in [-0.2, 0) is 10.2 Å². The van der Waals surface area contributed by atoms with E-state index in [1.54, 1.807) is 7.11 Å². The van der Waals surface area contributed by atoms with Crippen molar-refractivity contribution in [3.05, 3.63) is 29.8 Å². The molecule has 1 N–H and O–H groups in total. The number of hydrogen-bond acceptors (Lipinski definition) is 3. The van der Waals surface area contributed by atoms with Gasteiger partial charge in [-0.25, -0.2) is 0 Å². The van der Waals surface area contributed by atoms with Crippen molar-refractivity contribution in [3.8, 4) is 5.75 Å². The van der Waals surface area contributed by atoms with Crippen LogP contribution in [0.4, 0.5) is 0 Å². The molecule has 3 heteroatoms. The predicted octanol–water partition coefficient (Wildman–Crippen LogP) is 3.28. The van der Waals surface area contributed by atoms with E-state index in [-0.39, 0.29) is 0 Å². The van der Waals surface area contributed by atoms with Crippen molar-refractivity contribution in [2.45, 2.75) is 50.0 Å². The van der Waals surface area contributed by atoms with Gasteiger partial charge in [-0.05, 0) is 43.4 Å². The van der Waals surface area contributed by atoms with E-state index in [0.29, 0.717) is 11.5 Å². The van der Waals surface area contributed by atoms with Gasteiger partial charge < -0.3 is 14.8 Å². The molecule has 0 radical (unpaired) electrons. The van der Waals surface area contributed by atoms with E-state index in [1.165, 1.54) is 31.2 Å². The number of benzene rings is 1. The molecule has 0 bridgehead atoms. The zero-order valence-corrected chi connectivity index (χ0v) is 13.1. The molecule has 1 aliphatic carbocycles. The van der Waals surface area contributed by atoms with E-state index in [4.69, 9.17) is 9.47 Å². The molecule has 0 unspecified atom stereocenters. The monoisotopic (exact) mass is 289 g/mol. The van der Waals surface area contributed by atoms with Crippen molar-refractivity contribution >= 4 is 0 Å². The molecule has 1 aromatic rings. The lowest BCUT2D eigenvalue weighted by Gasteiger charge is -2.33. The van der Waals surface area contributed by atoms with Crippen LogP contribution < -0.4 is 10.1 Å². The molecule has 3 nitrogen and oxygen atoms in total. The minimum Gasteiger partial charge on any atom is -0.497 e. The number of nitrogens with one attached hydrogen (secondary N) is 1. The maximum absolute atomic E-state index is 5.45. The fourth-order valence-corrected chi connectivity index (χ4v) is 3.81. The first-order valence-corrected chi connectivity index (χ1v) is 8.28. The van der Waals surface area contributed by atoms with Gasteiger partial charge in [0, 0.05) is 31.2 Å². The maximum atomic E-state index is 5.45. The summed E-state index contributed by atoms with van der Waals surface area (Å²) in [6.45, 7) is 2.92. The second-order valence-corrected chi connectivity index (χ2v) is 6.48. The highest BCUT2D eigenvalue weighted by molar-refractivity contribution is 5.33. The van der Waals surface area contributed by atoms with Crippen LogP contribution in [0.3, 0.4) is 0 Å². The van der Waals surface area contributed by atoms with Gasteiger partial charge in [0.05, 0.1) is 7.11 Å².